The lowest BCUT2D eigenvalue weighted by Gasteiger charge is -2.00. The second-order valence-electron chi connectivity index (χ2n) is 3.29. The summed E-state index contributed by atoms with van der Waals surface area (Å²) in [6, 6.07) is 5.12. The summed E-state index contributed by atoms with van der Waals surface area (Å²) < 4.78 is 0. The third-order valence-corrected chi connectivity index (χ3v) is 2.72. The summed E-state index contributed by atoms with van der Waals surface area (Å²) in [5, 5.41) is 9.56. The molecule has 18 heavy (non-hydrogen) atoms. The van der Waals surface area contributed by atoms with Gasteiger partial charge in [-0.05, 0) is 18.2 Å². The summed E-state index contributed by atoms with van der Waals surface area (Å²) in [4.78, 5) is 15.3. The minimum Gasteiger partial charge on any atom is -0.291 e. The van der Waals surface area contributed by atoms with Crippen molar-refractivity contribution in [3.8, 4) is 0 Å². The Morgan fingerprint density at radius 2 is 2.06 bits per heavy atom. The van der Waals surface area contributed by atoms with Crippen molar-refractivity contribution in [1.82, 2.24) is 15.2 Å². The number of nitrogens with zero attached hydrogens (tertiary/aromatic N) is 2. The normalized spacial score (nSPS) is 10.8. The third kappa shape index (κ3) is 3.09. The van der Waals surface area contributed by atoms with Gasteiger partial charge in [0.05, 0.1) is 0 Å². The molecule has 7 heteroatoms. The average Bonchev–Trinajstić information content (AvgIpc) is 2.81. The monoisotopic (exact) mass is 282 g/mol. The Morgan fingerprint density at radius 3 is 2.67 bits per heavy atom. The van der Waals surface area contributed by atoms with E-state index in [1.54, 1.807) is 18.2 Å². The van der Waals surface area contributed by atoms with Gasteiger partial charge in [-0.2, -0.15) is 10.1 Å². The van der Waals surface area contributed by atoms with Gasteiger partial charge in [0.2, 0.25) is 5.95 Å². The van der Waals surface area contributed by atoms with Crippen molar-refractivity contribution in [3.05, 3.63) is 46.2 Å². The molecule has 0 radical (unpaired) electrons. The highest BCUT2D eigenvalue weighted by Crippen LogP contribution is 2.25. The van der Waals surface area contributed by atoms with E-state index in [1.165, 1.54) is 18.5 Å². The van der Waals surface area contributed by atoms with E-state index in [1.807, 2.05) is 0 Å². The summed E-state index contributed by atoms with van der Waals surface area (Å²) >= 11 is 11.9. The van der Waals surface area contributed by atoms with Crippen LogP contribution in [-0.2, 0) is 4.79 Å². The van der Waals surface area contributed by atoms with E-state index in [4.69, 9.17) is 23.2 Å². The van der Waals surface area contributed by atoms with Crippen LogP contribution in [0.25, 0.3) is 6.08 Å². The molecule has 0 aliphatic carbocycles. The molecule has 1 aromatic carbocycles. The number of hydrogen-bond donors (Lipinski definition) is 2. The maximum absolute atomic E-state index is 11.5. The van der Waals surface area contributed by atoms with Crippen LogP contribution >= 0.6 is 23.2 Å². The molecule has 0 fully saturated rings. The van der Waals surface area contributed by atoms with Crippen LogP contribution < -0.4 is 5.32 Å². The first kappa shape index (κ1) is 12.6. The van der Waals surface area contributed by atoms with Gasteiger partial charge in [-0.1, -0.05) is 29.3 Å². The van der Waals surface area contributed by atoms with E-state index in [0.29, 0.717) is 15.6 Å². The molecule has 92 valence electrons. The van der Waals surface area contributed by atoms with Crippen molar-refractivity contribution < 1.29 is 4.79 Å². The lowest BCUT2D eigenvalue weighted by molar-refractivity contribution is -0.111. The van der Waals surface area contributed by atoms with E-state index in [0.717, 1.165) is 0 Å². The van der Waals surface area contributed by atoms with E-state index in [-0.39, 0.29) is 11.9 Å². The molecule has 0 spiro atoms. The molecular formula is C11H8Cl2N4O. The molecule has 5 nitrogen and oxygen atoms in total. The molecule has 0 aliphatic heterocycles. The van der Waals surface area contributed by atoms with E-state index in [2.05, 4.69) is 20.5 Å². The molecule has 0 aliphatic rings. The Balaban J connectivity index is 2.09. The Kier molecular flexibility index (Phi) is 3.96. The SMILES string of the molecule is O=C(C=Cc1c(Cl)cccc1Cl)Nc1ncn[nH]1. The standard InChI is InChI=1S/C11H8Cl2N4O/c12-8-2-1-3-9(13)7(8)4-5-10(18)16-11-14-6-15-17-11/h1-6H,(H2,14,15,16,17,18). The first-order chi connectivity index (χ1) is 8.66. The zero-order chi connectivity index (χ0) is 13.0. The fourth-order valence-electron chi connectivity index (χ4n) is 1.25. The van der Waals surface area contributed by atoms with Crippen LogP contribution in [0.2, 0.25) is 10.0 Å². The fraction of sp³-hybridized carbons (Fsp3) is 0. The Bertz CT molecular complexity index is 560. The van der Waals surface area contributed by atoms with E-state index in [9.17, 15) is 4.79 Å². The highest BCUT2D eigenvalue weighted by atomic mass is 35.5. The van der Waals surface area contributed by atoms with Crippen LogP contribution in [0.1, 0.15) is 5.56 Å². The van der Waals surface area contributed by atoms with Crippen molar-refractivity contribution in [1.29, 1.82) is 0 Å². The first-order valence-electron chi connectivity index (χ1n) is 4.95. The van der Waals surface area contributed by atoms with E-state index >= 15 is 0 Å². The van der Waals surface area contributed by atoms with Gasteiger partial charge in [-0.3, -0.25) is 10.1 Å². The van der Waals surface area contributed by atoms with Gasteiger partial charge in [0, 0.05) is 21.7 Å². The molecule has 2 aromatic rings. The molecule has 2 rings (SSSR count). The Morgan fingerprint density at radius 1 is 1.33 bits per heavy atom. The highest BCUT2D eigenvalue weighted by molar-refractivity contribution is 6.37. The summed E-state index contributed by atoms with van der Waals surface area (Å²) in [6.45, 7) is 0. The molecule has 0 unspecified atom stereocenters. The van der Waals surface area contributed by atoms with Gasteiger partial charge in [-0.25, -0.2) is 5.10 Å². The Labute approximate surface area is 113 Å². The van der Waals surface area contributed by atoms with Gasteiger partial charge in [-0.15, -0.1) is 0 Å². The van der Waals surface area contributed by atoms with Crippen LogP contribution in [0, 0.1) is 0 Å². The number of aromatic nitrogens is 3. The summed E-state index contributed by atoms with van der Waals surface area (Å²) in [7, 11) is 0. The second kappa shape index (κ2) is 5.66. The molecule has 1 heterocycles. The number of amides is 1. The van der Waals surface area contributed by atoms with Crippen LogP contribution in [0.15, 0.2) is 30.6 Å². The maximum atomic E-state index is 11.5. The number of carbonyl (C=O) groups excluding carboxylic acids is 1. The van der Waals surface area contributed by atoms with Crippen molar-refractivity contribution in [2.24, 2.45) is 0 Å². The second-order valence-corrected chi connectivity index (χ2v) is 4.11. The zero-order valence-corrected chi connectivity index (χ0v) is 10.5. The number of benzene rings is 1. The van der Waals surface area contributed by atoms with Crippen LogP contribution in [0.4, 0.5) is 5.95 Å². The smallest absolute Gasteiger partial charge is 0.250 e. The minimum absolute atomic E-state index is 0.273. The molecule has 0 atom stereocenters. The summed E-state index contributed by atoms with van der Waals surface area (Å²) in [5.41, 5.74) is 0.591. The molecule has 1 aromatic heterocycles. The van der Waals surface area contributed by atoms with Gasteiger partial charge >= 0.3 is 0 Å². The third-order valence-electron chi connectivity index (χ3n) is 2.06. The van der Waals surface area contributed by atoms with Crippen LogP contribution in [0.5, 0.6) is 0 Å². The van der Waals surface area contributed by atoms with Gasteiger partial charge < -0.3 is 0 Å². The molecule has 1 amide bonds. The Hall–Kier alpha value is -1.85. The number of anilines is 1. The van der Waals surface area contributed by atoms with Crippen molar-refractivity contribution in [3.63, 3.8) is 0 Å². The van der Waals surface area contributed by atoms with E-state index < -0.39 is 0 Å². The van der Waals surface area contributed by atoms with Crippen molar-refractivity contribution in [2.45, 2.75) is 0 Å². The number of halogens is 2. The zero-order valence-electron chi connectivity index (χ0n) is 9.02. The topological polar surface area (TPSA) is 70.7 Å². The van der Waals surface area contributed by atoms with Gasteiger partial charge in [0.15, 0.2) is 0 Å². The quantitative estimate of drug-likeness (QED) is 0.851. The lowest BCUT2D eigenvalue weighted by Crippen LogP contribution is -2.09. The largest absolute Gasteiger partial charge is 0.291 e. The highest BCUT2D eigenvalue weighted by Gasteiger charge is 2.03. The van der Waals surface area contributed by atoms with Crippen LogP contribution in [0.3, 0.4) is 0 Å². The van der Waals surface area contributed by atoms with Crippen LogP contribution in [-0.4, -0.2) is 21.1 Å². The molecule has 0 saturated heterocycles. The maximum Gasteiger partial charge on any atom is 0.250 e. The minimum atomic E-state index is -0.359. The number of nitrogens with one attached hydrogen (secondary N) is 2. The lowest BCUT2D eigenvalue weighted by atomic mass is 10.2. The number of H-pyrrole nitrogens is 1. The molecule has 2 N–H and O–H groups in total. The van der Waals surface area contributed by atoms with Crippen molar-refractivity contribution in [2.75, 3.05) is 5.32 Å². The predicted molar refractivity (Wildman–Crippen MR) is 70.5 cm³/mol. The number of aromatic amines is 1. The number of hydrogen-bond acceptors (Lipinski definition) is 3. The average molecular weight is 283 g/mol. The molecular weight excluding hydrogens is 275 g/mol. The van der Waals surface area contributed by atoms with Gasteiger partial charge in [0.25, 0.3) is 5.91 Å². The van der Waals surface area contributed by atoms with Crippen molar-refractivity contribution >= 4 is 41.1 Å². The number of carbonyl (C=O) groups is 1. The van der Waals surface area contributed by atoms with Gasteiger partial charge in [0.1, 0.15) is 6.33 Å². The fourth-order valence-corrected chi connectivity index (χ4v) is 1.78. The predicted octanol–water partition coefficient (Wildman–Crippen LogP) is 2.76. The summed E-state index contributed by atoms with van der Waals surface area (Å²) in [6.07, 6.45) is 4.15. The number of rotatable bonds is 3. The molecule has 0 saturated carbocycles. The molecule has 0 bridgehead atoms. The summed E-state index contributed by atoms with van der Waals surface area (Å²) in [5.74, 6) is -0.0855. The first-order valence-corrected chi connectivity index (χ1v) is 5.71.